The second-order valence-electron chi connectivity index (χ2n) is 10.1. The molecule has 3 aromatic rings. The molecule has 1 unspecified atom stereocenters. The van der Waals surface area contributed by atoms with Gasteiger partial charge in [0.15, 0.2) is 0 Å². The first-order valence-electron chi connectivity index (χ1n) is 11.8. The summed E-state index contributed by atoms with van der Waals surface area (Å²) in [6.45, 7) is 6.34. The van der Waals surface area contributed by atoms with E-state index in [1.165, 1.54) is 17.8 Å². The van der Waals surface area contributed by atoms with Gasteiger partial charge in [0, 0.05) is 25.7 Å². The fourth-order valence-corrected chi connectivity index (χ4v) is 4.87. The van der Waals surface area contributed by atoms with Crippen LogP contribution in [0.5, 0.6) is 0 Å². The molecule has 0 saturated heterocycles. The van der Waals surface area contributed by atoms with Gasteiger partial charge in [-0.1, -0.05) is 37.3 Å². The Morgan fingerprint density at radius 1 is 1.20 bits per heavy atom. The highest BCUT2D eigenvalue weighted by atomic mass is 32.2. The fourth-order valence-electron chi connectivity index (χ4n) is 4.43. The molecule has 0 aliphatic heterocycles. The molecule has 9 heteroatoms. The van der Waals surface area contributed by atoms with E-state index in [-0.39, 0.29) is 6.04 Å². The molecular formula is C26H35N5O3S. The summed E-state index contributed by atoms with van der Waals surface area (Å²) in [5, 5.41) is 0. The van der Waals surface area contributed by atoms with E-state index in [2.05, 4.69) is 28.7 Å². The SMILES string of the molecule is C[C@H]1CC1[C@H](C)N(C)c1cc(-c2ncc([C@](C)(N)Cc3ccccc3)o2)cc(N(C)S(C)(=O)=O)n1. The van der Waals surface area contributed by atoms with Crippen molar-refractivity contribution in [3.63, 3.8) is 0 Å². The number of oxazole rings is 1. The lowest BCUT2D eigenvalue weighted by Gasteiger charge is -2.28. The van der Waals surface area contributed by atoms with Crippen molar-refractivity contribution in [3.05, 3.63) is 60.0 Å². The van der Waals surface area contributed by atoms with Gasteiger partial charge in [0.1, 0.15) is 17.4 Å². The monoisotopic (exact) mass is 497 g/mol. The van der Waals surface area contributed by atoms with Gasteiger partial charge >= 0.3 is 0 Å². The Bertz CT molecular complexity index is 1290. The summed E-state index contributed by atoms with van der Waals surface area (Å²) in [5.41, 5.74) is 7.61. The summed E-state index contributed by atoms with van der Waals surface area (Å²) >= 11 is 0. The van der Waals surface area contributed by atoms with Crippen LogP contribution in [0.2, 0.25) is 0 Å². The Balaban J connectivity index is 1.70. The largest absolute Gasteiger partial charge is 0.439 e. The van der Waals surface area contributed by atoms with Crippen molar-refractivity contribution < 1.29 is 12.8 Å². The maximum absolute atomic E-state index is 12.3. The zero-order valence-corrected chi connectivity index (χ0v) is 22.1. The van der Waals surface area contributed by atoms with Crippen molar-refractivity contribution >= 4 is 21.7 Å². The zero-order valence-electron chi connectivity index (χ0n) is 21.3. The third-order valence-electron chi connectivity index (χ3n) is 7.11. The number of hydrogen-bond acceptors (Lipinski definition) is 7. The minimum Gasteiger partial charge on any atom is -0.439 e. The van der Waals surface area contributed by atoms with E-state index in [0.717, 1.165) is 11.8 Å². The van der Waals surface area contributed by atoms with Gasteiger partial charge in [-0.2, -0.15) is 0 Å². The molecule has 2 heterocycles. The number of anilines is 2. The lowest BCUT2D eigenvalue weighted by atomic mass is 9.92. The van der Waals surface area contributed by atoms with Crippen LogP contribution in [0.25, 0.3) is 11.5 Å². The molecule has 0 bridgehead atoms. The third kappa shape index (κ3) is 5.51. The van der Waals surface area contributed by atoms with E-state index in [4.69, 9.17) is 10.2 Å². The first-order valence-corrected chi connectivity index (χ1v) is 13.7. The maximum Gasteiger partial charge on any atom is 0.233 e. The normalized spacial score (nSPS) is 20.2. The van der Waals surface area contributed by atoms with Crippen LogP contribution in [-0.2, 0) is 22.0 Å². The number of rotatable bonds is 9. The van der Waals surface area contributed by atoms with Crippen molar-refractivity contribution in [1.82, 2.24) is 9.97 Å². The van der Waals surface area contributed by atoms with Crippen LogP contribution >= 0.6 is 0 Å². The molecule has 4 atom stereocenters. The van der Waals surface area contributed by atoms with Gasteiger partial charge in [0.25, 0.3) is 0 Å². The van der Waals surface area contributed by atoms with Crippen molar-refractivity contribution in [1.29, 1.82) is 0 Å². The van der Waals surface area contributed by atoms with Gasteiger partial charge < -0.3 is 15.1 Å². The van der Waals surface area contributed by atoms with E-state index >= 15 is 0 Å². The molecule has 2 aromatic heterocycles. The minimum atomic E-state index is -3.50. The lowest BCUT2D eigenvalue weighted by molar-refractivity contribution is 0.371. The second-order valence-corrected chi connectivity index (χ2v) is 12.2. The Morgan fingerprint density at radius 3 is 2.43 bits per heavy atom. The Kier molecular flexibility index (Phi) is 6.68. The number of aromatic nitrogens is 2. The highest BCUT2D eigenvalue weighted by Gasteiger charge is 2.39. The predicted molar refractivity (Wildman–Crippen MR) is 140 cm³/mol. The Morgan fingerprint density at radius 2 is 1.83 bits per heavy atom. The molecule has 2 N–H and O–H groups in total. The summed E-state index contributed by atoms with van der Waals surface area (Å²) in [4.78, 5) is 11.3. The van der Waals surface area contributed by atoms with Crippen molar-refractivity contribution in [3.8, 4) is 11.5 Å². The Labute approximate surface area is 208 Å². The van der Waals surface area contributed by atoms with E-state index in [1.54, 1.807) is 12.3 Å². The van der Waals surface area contributed by atoms with E-state index in [9.17, 15) is 8.42 Å². The number of benzene rings is 1. The molecule has 1 aromatic carbocycles. The summed E-state index contributed by atoms with van der Waals surface area (Å²) < 4.78 is 31.9. The van der Waals surface area contributed by atoms with Gasteiger partial charge in [-0.15, -0.1) is 0 Å². The van der Waals surface area contributed by atoms with Crippen LogP contribution in [0.15, 0.2) is 53.1 Å². The minimum absolute atomic E-state index is 0.266. The number of sulfonamides is 1. The zero-order chi connectivity index (χ0) is 25.5. The topological polar surface area (TPSA) is 106 Å². The fraction of sp³-hybridized carbons (Fsp3) is 0.462. The molecule has 188 valence electrons. The van der Waals surface area contributed by atoms with Crippen LogP contribution in [-0.4, -0.2) is 44.8 Å². The molecule has 1 saturated carbocycles. The van der Waals surface area contributed by atoms with Crippen molar-refractivity contribution in [2.75, 3.05) is 29.6 Å². The average molecular weight is 498 g/mol. The molecule has 1 aliphatic rings. The highest BCUT2D eigenvalue weighted by molar-refractivity contribution is 7.92. The van der Waals surface area contributed by atoms with Crippen molar-refractivity contribution in [2.24, 2.45) is 17.6 Å². The molecule has 1 fully saturated rings. The van der Waals surface area contributed by atoms with Gasteiger partial charge in [0.2, 0.25) is 15.9 Å². The standard InChI is InChI=1S/C26H35N5O3S/c1-17-12-21(17)18(2)30(4)23-13-20(14-24(29-23)31(5)35(6,32)33)25-28-16-22(34-25)26(3,27)15-19-10-8-7-9-11-19/h7-11,13-14,16-18,21H,12,15,27H2,1-6H3/t17-,18-,21?,26+/m0/s1. The lowest BCUT2D eigenvalue weighted by Crippen LogP contribution is -2.35. The molecule has 8 nitrogen and oxygen atoms in total. The summed E-state index contributed by atoms with van der Waals surface area (Å²) in [5.74, 6) is 3.17. The van der Waals surface area contributed by atoms with Gasteiger partial charge in [0.05, 0.1) is 18.0 Å². The van der Waals surface area contributed by atoms with Gasteiger partial charge in [-0.05, 0) is 56.2 Å². The first kappa shape index (κ1) is 25.2. The van der Waals surface area contributed by atoms with Gasteiger partial charge in [-0.25, -0.2) is 18.4 Å². The molecule has 0 radical (unpaired) electrons. The molecule has 4 rings (SSSR count). The number of nitrogens with zero attached hydrogens (tertiary/aromatic N) is 4. The van der Waals surface area contributed by atoms with Gasteiger partial charge in [-0.3, -0.25) is 4.31 Å². The first-order chi connectivity index (χ1) is 16.4. The highest BCUT2D eigenvalue weighted by Crippen LogP contribution is 2.43. The van der Waals surface area contributed by atoms with E-state index in [0.29, 0.717) is 47.1 Å². The van der Waals surface area contributed by atoms with Crippen LogP contribution in [0, 0.1) is 11.8 Å². The third-order valence-corrected chi connectivity index (χ3v) is 8.29. The summed E-state index contributed by atoms with van der Waals surface area (Å²) in [6, 6.07) is 13.8. The summed E-state index contributed by atoms with van der Waals surface area (Å²) in [6.07, 6.45) is 4.58. The molecular weight excluding hydrogens is 462 g/mol. The van der Waals surface area contributed by atoms with E-state index < -0.39 is 15.6 Å². The summed E-state index contributed by atoms with van der Waals surface area (Å²) in [7, 11) is -0.0162. The Hall–Kier alpha value is -2.91. The number of nitrogens with two attached hydrogens (primary N) is 1. The van der Waals surface area contributed by atoms with Crippen LogP contribution < -0.4 is 14.9 Å². The number of pyridine rings is 1. The predicted octanol–water partition coefficient (Wildman–Crippen LogP) is 4.03. The average Bonchev–Trinajstić information content (AvgIpc) is 3.31. The second kappa shape index (κ2) is 9.28. The quantitative estimate of drug-likeness (QED) is 0.476. The van der Waals surface area contributed by atoms with Crippen LogP contribution in [0.4, 0.5) is 11.6 Å². The van der Waals surface area contributed by atoms with E-state index in [1.807, 2.05) is 50.4 Å². The smallest absolute Gasteiger partial charge is 0.233 e. The number of hydrogen-bond donors (Lipinski definition) is 1. The van der Waals surface area contributed by atoms with Crippen LogP contribution in [0.3, 0.4) is 0 Å². The molecule has 1 aliphatic carbocycles. The molecule has 35 heavy (non-hydrogen) atoms. The van der Waals surface area contributed by atoms with Crippen LogP contribution in [0.1, 0.15) is 38.5 Å². The van der Waals surface area contributed by atoms with Crippen molar-refractivity contribution in [2.45, 2.75) is 45.2 Å². The molecule has 0 spiro atoms. The maximum atomic E-state index is 12.3. The molecule has 0 amide bonds.